The van der Waals surface area contributed by atoms with Gasteiger partial charge in [0.05, 0.1) is 10.8 Å². The summed E-state index contributed by atoms with van der Waals surface area (Å²) < 4.78 is 0. The van der Waals surface area contributed by atoms with E-state index in [1.54, 1.807) is 0 Å². The molecular weight excluding hydrogens is 845 g/mol. The molecule has 0 fully saturated rings. The van der Waals surface area contributed by atoms with Crippen LogP contribution in [0.1, 0.15) is 155 Å². The molecule has 0 spiro atoms. The van der Waals surface area contributed by atoms with Gasteiger partial charge in [-0.3, -0.25) is 0 Å². The van der Waals surface area contributed by atoms with Crippen molar-refractivity contribution < 1.29 is 0 Å². The molecule has 2 heterocycles. The fraction of sp³-hybridized carbons (Fsp3) is 0.294. The van der Waals surface area contributed by atoms with E-state index in [4.69, 9.17) is 0 Å². The first-order valence-electron chi connectivity index (χ1n) is 27.0. The Morgan fingerprint density at radius 3 is 0.557 bits per heavy atom. The van der Waals surface area contributed by atoms with Crippen LogP contribution in [0.2, 0.25) is 0 Å². The summed E-state index contributed by atoms with van der Waals surface area (Å²) in [7, 11) is 0. The third kappa shape index (κ3) is 11.7. The molecule has 2 aliphatic heterocycles. The number of rotatable bonds is 7. The van der Waals surface area contributed by atoms with Gasteiger partial charge in [-0.05, 0) is 68.8 Å². The molecule has 8 aromatic rings. The summed E-state index contributed by atoms with van der Waals surface area (Å²) in [5.41, 5.74) is 14.3. The molecule has 70 heavy (non-hydrogen) atoms. The zero-order valence-electron chi connectivity index (χ0n) is 46.1. The summed E-state index contributed by atoms with van der Waals surface area (Å²) in [5.74, 6) is 0. The van der Waals surface area contributed by atoms with Crippen molar-refractivity contribution in [3.05, 3.63) is 263 Å². The van der Waals surface area contributed by atoms with Gasteiger partial charge in [0.25, 0.3) is 0 Å². The van der Waals surface area contributed by atoms with Crippen LogP contribution in [-0.2, 0) is 10.8 Å². The first-order chi connectivity index (χ1) is 34.8. The van der Waals surface area contributed by atoms with Gasteiger partial charge in [-0.1, -0.05) is 305 Å². The van der Waals surface area contributed by atoms with E-state index in [1.807, 2.05) is 111 Å². The predicted molar refractivity (Wildman–Crippen MR) is 314 cm³/mol. The average Bonchev–Trinajstić information content (AvgIpc) is 3.49. The molecule has 370 valence electrons. The lowest BCUT2D eigenvalue weighted by atomic mass is 9.62. The maximum atomic E-state index is 2.57. The lowest BCUT2D eigenvalue weighted by Gasteiger charge is -2.48. The highest BCUT2D eigenvalue weighted by molar-refractivity contribution is 5.86. The van der Waals surface area contributed by atoms with Gasteiger partial charge in [0, 0.05) is 35.8 Å². The third-order valence-electron chi connectivity index (χ3n) is 11.8. The molecule has 0 amide bonds. The standard InChI is InChI=1S/C52H40N2.8C2H6/c1-5-21-39(22-6-1)51(40-23-7-2-8-24-40)43-29-13-17-33-47(43)53(48-34-18-14-30-44(48)51)37-38-54-49-35-19-15-31-45(49)52(41-25-9-3-10-26-41,42-27-11-4-12-28-42)46-32-16-20-36-50(46)54;8*1-2/h1-36H,37-38H2;8*1-2H3. The van der Waals surface area contributed by atoms with Gasteiger partial charge in [-0.15, -0.1) is 0 Å². The van der Waals surface area contributed by atoms with Gasteiger partial charge in [0.1, 0.15) is 0 Å². The Morgan fingerprint density at radius 1 is 0.214 bits per heavy atom. The molecule has 2 aliphatic rings. The van der Waals surface area contributed by atoms with Crippen molar-refractivity contribution in [1.82, 2.24) is 0 Å². The van der Waals surface area contributed by atoms with Crippen LogP contribution >= 0.6 is 0 Å². The minimum absolute atomic E-state index is 0.471. The highest BCUT2D eigenvalue weighted by Crippen LogP contribution is 2.58. The van der Waals surface area contributed by atoms with Gasteiger partial charge in [0.15, 0.2) is 0 Å². The van der Waals surface area contributed by atoms with Crippen LogP contribution < -0.4 is 9.80 Å². The summed E-state index contributed by atoms with van der Waals surface area (Å²) in [6, 6.07) is 80.5. The van der Waals surface area contributed by atoms with Gasteiger partial charge in [-0.25, -0.2) is 0 Å². The summed E-state index contributed by atoms with van der Waals surface area (Å²) in [6.45, 7) is 33.6. The zero-order chi connectivity index (χ0) is 52.0. The normalized spacial score (nSPS) is 12.0. The van der Waals surface area contributed by atoms with Crippen LogP contribution in [-0.4, -0.2) is 13.1 Å². The number of anilines is 4. The van der Waals surface area contributed by atoms with E-state index >= 15 is 0 Å². The van der Waals surface area contributed by atoms with Gasteiger partial charge in [-0.2, -0.15) is 0 Å². The summed E-state index contributed by atoms with van der Waals surface area (Å²) in [4.78, 5) is 5.13. The zero-order valence-corrected chi connectivity index (χ0v) is 46.1. The molecule has 0 radical (unpaired) electrons. The first-order valence-corrected chi connectivity index (χ1v) is 27.0. The van der Waals surface area contributed by atoms with E-state index in [0.29, 0.717) is 0 Å². The lowest BCUT2D eigenvalue weighted by Crippen LogP contribution is -2.43. The fourth-order valence-corrected chi connectivity index (χ4v) is 9.67. The van der Waals surface area contributed by atoms with Crippen LogP contribution in [0.15, 0.2) is 218 Å². The topological polar surface area (TPSA) is 6.48 Å². The Kier molecular flexibility index (Phi) is 27.4. The Morgan fingerprint density at radius 2 is 0.371 bits per heavy atom. The second-order valence-electron chi connectivity index (χ2n) is 14.3. The molecule has 8 aromatic carbocycles. The molecule has 2 nitrogen and oxygen atoms in total. The number of fused-ring (bicyclic) bond motifs is 4. The fourth-order valence-electron chi connectivity index (χ4n) is 9.67. The van der Waals surface area contributed by atoms with Crippen molar-refractivity contribution >= 4 is 22.7 Å². The molecule has 0 bridgehead atoms. The summed E-state index contributed by atoms with van der Waals surface area (Å²) >= 11 is 0. The van der Waals surface area contributed by atoms with Crippen LogP contribution in [0.25, 0.3) is 0 Å². The summed E-state index contributed by atoms with van der Waals surface area (Å²) in [6.07, 6.45) is 0. The third-order valence-corrected chi connectivity index (χ3v) is 11.8. The van der Waals surface area contributed by atoms with Crippen LogP contribution in [0.5, 0.6) is 0 Å². The Hall–Kier alpha value is -6.64. The molecule has 0 atom stereocenters. The second-order valence-corrected chi connectivity index (χ2v) is 14.3. The van der Waals surface area contributed by atoms with Crippen LogP contribution in [0.3, 0.4) is 0 Å². The second kappa shape index (κ2) is 32.2. The van der Waals surface area contributed by atoms with Crippen LogP contribution in [0.4, 0.5) is 22.7 Å². The van der Waals surface area contributed by atoms with Gasteiger partial charge >= 0.3 is 0 Å². The van der Waals surface area contributed by atoms with Crippen molar-refractivity contribution in [2.45, 2.75) is 122 Å². The Labute approximate surface area is 428 Å². The number of hydrogen-bond acceptors (Lipinski definition) is 2. The number of nitrogens with zero attached hydrogens (tertiary/aromatic N) is 2. The maximum absolute atomic E-state index is 2.57. The highest BCUT2D eigenvalue weighted by atomic mass is 15.2. The molecule has 0 aliphatic carbocycles. The summed E-state index contributed by atoms with van der Waals surface area (Å²) in [5, 5.41) is 0. The highest BCUT2D eigenvalue weighted by Gasteiger charge is 2.48. The predicted octanol–water partition coefficient (Wildman–Crippen LogP) is 20.3. The Bertz CT molecular complexity index is 2200. The van der Waals surface area contributed by atoms with Crippen LogP contribution in [0, 0.1) is 0 Å². The SMILES string of the molecule is CC.CC.CC.CC.CC.CC.CC.CC.c1ccc(C2(c3ccccc3)c3ccccc3N(CCN3c4ccccc4C(c4ccccc4)(c4ccccc4)c4ccccc43)c3ccccc32)cc1. The number of para-hydroxylation sites is 4. The number of hydrogen-bond donors (Lipinski definition) is 0. The van der Waals surface area contributed by atoms with E-state index in [0.717, 1.165) is 13.1 Å². The van der Waals surface area contributed by atoms with E-state index in [-0.39, 0.29) is 0 Å². The average molecular weight is 933 g/mol. The molecule has 0 N–H and O–H groups in total. The smallest absolute Gasteiger partial charge is 0.0742 e. The van der Waals surface area contributed by atoms with Gasteiger partial charge < -0.3 is 9.80 Å². The molecular formula is C68H88N2. The molecule has 2 heteroatoms. The van der Waals surface area contributed by atoms with Crippen molar-refractivity contribution in [2.75, 3.05) is 22.9 Å². The van der Waals surface area contributed by atoms with Crippen molar-refractivity contribution in [2.24, 2.45) is 0 Å². The minimum Gasteiger partial charge on any atom is -0.339 e. The van der Waals surface area contributed by atoms with Gasteiger partial charge in [0.2, 0.25) is 0 Å². The Balaban J connectivity index is 0.000000960. The van der Waals surface area contributed by atoms with E-state index in [2.05, 4.69) is 228 Å². The van der Waals surface area contributed by atoms with E-state index in [9.17, 15) is 0 Å². The largest absolute Gasteiger partial charge is 0.339 e. The van der Waals surface area contributed by atoms with E-state index in [1.165, 1.54) is 67.3 Å². The molecule has 0 aromatic heterocycles. The molecule has 0 unspecified atom stereocenters. The molecule has 0 saturated heterocycles. The lowest BCUT2D eigenvalue weighted by molar-refractivity contribution is 0.701. The number of benzene rings is 8. The van der Waals surface area contributed by atoms with Crippen molar-refractivity contribution in [3.63, 3.8) is 0 Å². The first kappa shape index (κ1) is 59.5. The molecule has 0 saturated carbocycles. The molecule has 10 rings (SSSR count). The van der Waals surface area contributed by atoms with Crippen molar-refractivity contribution in [1.29, 1.82) is 0 Å². The minimum atomic E-state index is -0.471. The maximum Gasteiger partial charge on any atom is 0.0742 e. The quantitative estimate of drug-likeness (QED) is 0.157. The van der Waals surface area contributed by atoms with Crippen molar-refractivity contribution in [3.8, 4) is 0 Å². The van der Waals surface area contributed by atoms with E-state index < -0.39 is 10.8 Å². The monoisotopic (exact) mass is 933 g/mol.